The minimum absolute atomic E-state index is 0.0799. The van der Waals surface area contributed by atoms with E-state index in [1.165, 1.54) is 30.0 Å². The molecule has 0 radical (unpaired) electrons. The number of thioether (sulfide) groups is 1. The van der Waals surface area contributed by atoms with E-state index in [9.17, 15) is 20.0 Å². The van der Waals surface area contributed by atoms with Crippen LogP contribution in [0.5, 0.6) is 0 Å². The first-order valence-electron chi connectivity index (χ1n) is 5.70. The van der Waals surface area contributed by atoms with Crippen molar-refractivity contribution in [2.45, 2.75) is 12.5 Å². The Morgan fingerprint density at radius 3 is 2.80 bits per heavy atom. The predicted molar refractivity (Wildman–Crippen MR) is 82.1 cm³/mol. The molecule has 0 aromatic heterocycles. The number of carbonyl (C=O) groups excluding carboxylic acids is 1. The molecule has 1 amide bonds. The molecule has 0 fully saturated rings. The Morgan fingerprint density at radius 1 is 1.60 bits per heavy atom. The summed E-state index contributed by atoms with van der Waals surface area (Å²) in [6.07, 6.45) is 1.86. The molecule has 1 aromatic rings. The van der Waals surface area contributed by atoms with Crippen molar-refractivity contribution in [1.82, 2.24) is 5.32 Å². The highest BCUT2D eigenvalue weighted by Gasteiger charge is 2.22. The highest BCUT2D eigenvalue weighted by Crippen LogP contribution is 2.25. The maximum Gasteiger partial charge on any atom is 0.284 e. The van der Waals surface area contributed by atoms with E-state index in [2.05, 4.69) is 21.2 Å². The number of hydrogen-bond acceptors (Lipinski definition) is 5. The lowest BCUT2D eigenvalue weighted by Gasteiger charge is -2.22. The second kappa shape index (κ2) is 7.05. The number of benzene rings is 1. The average Bonchev–Trinajstić information content (AvgIpc) is 2.36. The van der Waals surface area contributed by atoms with Crippen LogP contribution in [0.2, 0.25) is 0 Å². The molecule has 0 saturated carbocycles. The third-order valence-electron chi connectivity index (χ3n) is 2.49. The zero-order chi connectivity index (χ0) is 15.3. The van der Waals surface area contributed by atoms with E-state index in [0.29, 0.717) is 10.2 Å². The summed E-state index contributed by atoms with van der Waals surface area (Å²) in [6, 6.07) is 4.13. The summed E-state index contributed by atoms with van der Waals surface area (Å²) in [5.74, 6) is 0.0234. The average molecular weight is 363 g/mol. The number of nitrogens with zero attached hydrogens (tertiary/aromatic N) is 1. The molecule has 2 N–H and O–H groups in total. The number of rotatable bonds is 6. The fourth-order valence-electron chi connectivity index (χ4n) is 1.53. The van der Waals surface area contributed by atoms with Crippen molar-refractivity contribution in [3.8, 4) is 0 Å². The van der Waals surface area contributed by atoms with Gasteiger partial charge in [-0.1, -0.05) is 0 Å². The van der Waals surface area contributed by atoms with Crippen molar-refractivity contribution in [1.29, 1.82) is 0 Å². The minimum Gasteiger partial charge on any atom is -0.387 e. The molecule has 0 bridgehead atoms. The second-order valence-corrected chi connectivity index (χ2v) is 6.26. The van der Waals surface area contributed by atoms with Gasteiger partial charge in [-0.3, -0.25) is 14.9 Å². The molecule has 0 heterocycles. The van der Waals surface area contributed by atoms with Crippen molar-refractivity contribution in [2.24, 2.45) is 0 Å². The van der Waals surface area contributed by atoms with Crippen LogP contribution in [0.4, 0.5) is 5.69 Å². The Labute approximate surface area is 129 Å². The number of nitrogens with one attached hydrogen (secondary N) is 1. The molecule has 8 heteroatoms. The van der Waals surface area contributed by atoms with Gasteiger partial charge in [0.2, 0.25) is 0 Å². The van der Waals surface area contributed by atoms with E-state index in [0.717, 1.165) is 0 Å². The Hall–Kier alpha value is -1.12. The predicted octanol–water partition coefficient (Wildman–Crippen LogP) is 2.20. The number of hydrogen-bond donors (Lipinski definition) is 2. The van der Waals surface area contributed by atoms with E-state index >= 15 is 0 Å². The molecule has 0 aliphatic rings. The van der Waals surface area contributed by atoms with Crippen LogP contribution >= 0.6 is 27.7 Å². The van der Waals surface area contributed by atoms with Gasteiger partial charge >= 0.3 is 0 Å². The fourth-order valence-corrected chi connectivity index (χ4v) is 2.64. The minimum atomic E-state index is -1.02. The van der Waals surface area contributed by atoms with Crippen molar-refractivity contribution in [3.63, 3.8) is 0 Å². The maximum absolute atomic E-state index is 11.9. The van der Waals surface area contributed by atoms with Gasteiger partial charge in [0.1, 0.15) is 0 Å². The van der Waals surface area contributed by atoms with Crippen LogP contribution in [0, 0.1) is 10.1 Å². The van der Waals surface area contributed by atoms with Gasteiger partial charge in [-0.05, 0) is 41.2 Å². The standard InChI is InChI=1S/C12H15BrN2O4S/c1-12(17,7-20-2)6-14-11(16)8-3-4-9(13)10(5-8)15(18)19/h3-5,17H,6-7H2,1-2H3,(H,14,16). The lowest BCUT2D eigenvalue weighted by molar-refractivity contribution is -0.385. The number of halogens is 1. The number of aliphatic hydroxyl groups is 1. The van der Waals surface area contributed by atoms with Gasteiger partial charge < -0.3 is 10.4 Å². The molecule has 0 aliphatic heterocycles. The van der Waals surface area contributed by atoms with E-state index in [4.69, 9.17) is 0 Å². The van der Waals surface area contributed by atoms with E-state index < -0.39 is 16.4 Å². The number of nitro benzene ring substituents is 1. The highest BCUT2D eigenvalue weighted by molar-refractivity contribution is 9.10. The number of carbonyl (C=O) groups is 1. The van der Waals surface area contributed by atoms with Crippen molar-refractivity contribution >= 4 is 39.3 Å². The SMILES string of the molecule is CSCC(C)(O)CNC(=O)c1ccc(Br)c([N+](=O)[O-])c1. The molecular formula is C12H15BrN2O4S. The zero-order valence-electron chi connectivity index (χ0n) is 11.1. The lowest BCUT2D eigenvalue weighted by atomic mass is 10.1. The molecular weight excluding hydrogens is 348 g/mol. The summed E-state index contributed by atoms with van der Waals surface area (Å²) in [4.78, 5) is 22.2. The quantitative estimate of drug-likeness (QED) is 0.597. The van der Waals surface area contributed by atoms with Crippen LogP contribution < -0.4 is 5.32 Å². The molecule has 0 aliphatic carbocycles. The summed E-state index contributed by atoms with van der Waals surface area (Å²) in [7, 11) is 0. The van der Waals surface area contributed by atoms with Crippen molar-refractivity contribution in [2.75, 3.05) is 18.6 Å². The summed E-state index contributed by atoms with van der Waals surface area (Å²) < 4.78 is 0.313. The summed E-state index contributed by atoms with van der Waals surface area (Å²) >= 11 is 4.52. The highest BCUT2D eigenvalue weighted by atomic mass is 79.9. The normalized spacial score (nSPS) is 13.6. The van der Waals surface area contributed by atoms with E-state index in [-0.39, 0.29) is 17.8 Å². The van der Waals surface area contributed by atoms with Crippen LogP contribution in [0.1, 0.15) is 17.3 Å². The summed E-state index contributed by atoms with van der Waals surface area (Å²) in [6.45, 7) is 1.70. The molecule has 1 unspecified atom stereocenters. The molecule has 1 atom stereocenters. The maximum atomic E-state index is 11.9. The summed E-state index contributed by atoms with van der Waals surface area (Å²) in [5, 5.41) is 23.3. The first-order valence-corrected chi connectivity index (χ1v) is 7.89. The third-order valence-corrected chi connectivity index (χ3v) is 4.07. The van der Waals surface area contributed by atoms with Gasteiger partial charge in [-0.2, -0.15) is 11.8 Å². The Balaban J connectivity index is 2.78. The topological polar surface area (TPSA) is 92.5 Å². The van der Waals surface area contributed by atoms with Gasteiger partial charge in [0.25, 0.3) is 11.6 Å². The van der Waals surface area contributed by atoms with Gasteiger partial charge in [-0.15, -0.1) is 0 Å². The van der Waals surface area contributed by atoms with Gasteiger partial charge in [0.15, 0.2) is 0 Å². The Morgan fingerprint density at radius 2 is 2.25 bits per heavy atom. The molecule has 110 valence electrons. The van der Waals surface area contributed by atoms with Gasteiger partial charge in [0, 0.05) is 23.9 Å². The third kappa shape index (κ3) is 4.77. The van der Waals surface area contributed by atoms with Crippen molar-refractivity contribution in [3.05, 3.63) is 38.3 Å². The Bertz CT molecular complexity index is 522. The van der Waals surface area contributed by atoms with Crippen LogP contribution in [0.25, 0.3) is 0 Å². The molecule has 1 aromatic carbocycles. The molecule has 0 saturated heterocycles. The van der Waals surface area contributed by atoms with Crippen molar-refractivity contribution < 1.29 is 14.8 Å². The summed E-state index contributed by atoms with van der Waals surface area (Å²) in [5.41, 5.74) is -1.01. The van der Waals surface area contributed by atoms with Crippen LogP contribution in [0.3, 0.4) is 0 Å². The van der Waals surface area contributed by atoms with Gasteiger partial charge in [0.05, 0.1) is 15.0 Å². The first kappa shape index (κ1) is 16.9. The van der Waals surface area contributed by atoms with E-state index in [1.54, 1.807) is 6.92 Å². The van der Waals surface area contributed by atoms with E-state index in [1.807, 2.05) is 6.26 Å². The monoisotopic (exact) mass is 362 g/mol. The number of nitro groups is 1. The molecule has 1 rings (SSSR count). The largest absolute Gasteiger partial charge is 0.387 e. The fraction of sp³-hybridized carbons (Fsp3) is 0.417. The lowest BCUT2D eigenvalue weighted by Crippen LogP contribution is -2.42. The molecule has 0 spiro atoms. The number of amides is 1. The molecule has 20 heavy (non-hydrogen) atoms. The van der Waals surface area contributed by atoms with Crippen LogP contribution in [-0.2, 0) is 0 Å². The van der Waals surface area contributed by atoms with Crippen LogP contribution in [0.15, 0.2) is 22.7 Å². The second-order valence-electron chi connectivity index (χ2n) is 4.54. The zero-order valence-corrected chi connectivity index (χ0v) is 13.5. The van der Waals surface area contributed by atoms with Crippen LogP contribution in [-0.4, -0.2) is 40.1 Å². The molecule has 6 nitrogen and oxygen atoms in total. The smallest absolute Gasteiger partial charge is 0.284 e. The first-order chi connectivity index (χ1) is 9.26. The van der Waals surface area contributed by atoms with Gasteiger partial charge in [-0.25, -0.2) is 0 Å². The Kier molecular flexibility index (Phi) is 5.97.